The molecule has 0 N–H and O–H groups in total. The molecule has 1 aliphatic rings. The van der Waals surface area contributed by atoms with E-state index < -0.39 is 0 Å². The molecule has 4 nitrogen and oxygen atoms in total. The zero-order chi connectivity index (χ0) is 19.9. The Labute approximate surface area is 175 Å². The lowest BCUT2D eigenvalue weighted by Gasteiger charge is -2.11. The first-order valence-corrected chi connectivity index (χ1v) is 10.5. The maximum Gasteiger partial charge on any atom is 0.266 e. The van der Waals surface area contributed by atoms with Crippen LogP contribution in [0.3, 0.4) is 0 Å². The van der Waals surface area contributed by atoms with Crippen molar-refractivity contribution in [3.63, 3.8) is 0 Å². The second-order valence-electron chi connectivity index (χ2n) is 6.28. The number of likely N-dealkylation sites (N-methyl/N-ethyl adjacent to an activating group) is 1. The molecule has 0 saturated carbocycles. The number of benzene rings is 2. The van der Waals surface area contributed by atoms with Crippen molar-refractivity contribution >= 4 is 40.3 Å². The molecule has 2 aromatic carbocycles. The van der Waals surface area contributed by atoms with Gasteiger partial charge in [0.25, 0.3) is 5.91 Å². The van der Waals surface area contributed by atoms with Crippen LogP contribution >= 0.6 is 24.0 Å². The molecule has 3 rings (SSSR count). The first-order valence-electron chi connectivity index (χ1n) is 9.25. The Hall–Kier alpha value is -2.31. The summed E-state index contributed by atoms with van der Waals surface area (Å²) in [6.45, 7) is 5.66. The van der Waals surface area contributed by atoms with E-state index in [1.807, 2.05) is 68.5 Å². The Bertz CT molecular complexity index is 895. The standard InChI is InChI=1S/C22H23NO3S2/c1-3-23-21(24)20(28-22(23)27)15-17-10-5-7-12-19(17)26-14-8-13-25-18-11-6-4-9-16(18)2/h4-7,9-12,15H,3,8,13-14H2,1-2H3/b20-15+. The maximum absolute atomic E-state index is 12.4. The fourth-order valence-electron chi connectivity index (χ4n) is 2.79. The van der Waals surface area contributed by atoms with Crippen molar-refractivity contribution in [1.82, 2.24) is 4.90 Å². The average Bonchev–Trinajstić information content (AvgIpc) is 2.96. The van der Waals surface area contributed by atoms with E-state index in [0.29, 0.717) is 29.0 Å². The number of thiocarbonyl (C=S) groups is 1. The molecule has 0 atom stereocenters. The molecule has 1 heterocycles. The van der Waals surface area contributed by atoms with E-state index in [9.17, 15) is 4.79 Å². The number of amides is 1. The van der Waals surface area contributed by atoms with Gasteiger partial charge in [-0.15, -0.1) is 0 Å². The minimum absolute atomic E-state index is 0.0427. The second-order valence-corrected chi connectivity index (χ2v) is 7.96. The van der Waals surface area contributed by atoms with Crippen LogP contribution in [-0.4, -0.2) is 34.9 Å². The lowest BCUT2D eigenvalue weighted by atomic mass is 10.2. The van der Waals surface area contributed by atoms with Gasteiger partial charge in [-0.25, -0.2) is 0 Å². The Kier molecular flexibility index (Phi) is 7.12. The third-order valence-corrected chi connectivity index (χ3v) is 5.67. The normalized spacial score (nSPS) is 15.4. The summed E-state index contributed by atoms with van der Waals surface area (Å²) in [5.74, 6) is 1.61. The van der Waals surface area contributed by atoms with Crippen LogP contribution in [0.5, 0.6) is 11.5 Å². The molecule has 0 bridgehead atoms. The van der Waals surface area contributed by atoms with Crippen molar-refractivity contribution in [3.05, 3.63) is 64.6 Å². The minimum Gasteiger partial charge on any atom is -0.493 e. The van der Waals surface area contributed by atoms with Gasteiger partial charge in [-0.05, 0) is 37.6 Å². The van der Waals surface area contributed by atoms with Crippen LogP contribution in [0.15, 0.2) is 53.4 Å². The summed E-state index contributed by atoms with van der Waals surface area (Å²) in [6, 6.07) is 15.7. The topological polar surface area (TPSA) is 38.8 Å². The summed E-state index contributed by atoms with van der Waals surface area (Å²) in [4.78, 5) is 14.7. The molecular weight excluding hydrogens is 390 g/mol. The molecule has 0 aromatic heterocycles. The van der Waals surface area contributed by atoms with E-state index in [1.165, 1.54) is 11.8 Å². The summed E-state index contributed by atoms with van der Waals surface area (Å²) in [7, 11) is 0. The highest BCUT2D eigenvalue weighted by atomic mass is 32.2. The third-order valence-electron chi connectivity index (χ3n) is 4.29. The van der Waals surface area contributed by atoms with Crippen molar-refractivity contribution in [2.45, 2.75) is 20.3 Å². The summed E-state index contributed by atoms with van der Waals surface area (Å²) in [5.41, 5.74) is 2.00. The second kappa shape index (κ2) is 9.75. The van der Waals surface area contributed by atoms with Crippen LogP contribution in [0.25, 0.3) is 6.08 Å². The van der Waals surface area contributed by atoms with Gasteiger partial charge in [-0.2, -0.15) is 0 Å². The molecule has 1 saturated heterocycles. The van der Waals surface area contributed by atoms with Gasteiger partial charge in [0.05, 0.1) is 18.1 Å². The van der Waals surface area contributed by atoms with Gasteiger partial charge in [0, 0.05) is 18.5 Å². The van der Waals surface area contributed by atoms with Gasteiger partial charge in [0.1, 0.15) is 15.8 Å². The highest BCUT2D eigenvalue weighted by Crippen LogP contribution is 2.34. The van der Waals surface area contributed by atoms with E-state index in [-0.39, 0.29) is 5.91 Å². The molecule has 1 aliphatic heterocycles. The van der Waals surface area contributed by atoms with Gasteiger partial charge >= 0.3 is 0 Å². The van der Waals surface area contributed by atoms with Gasteiger partial charge in [0.15, 0.2) is 0 Å². The van der Waals surface area contributed by atoms with E-state index in [4.69, 9.17) is 21.7 Å². The number of aryl methyl sites for hydroxylation is 1. The molecule has 28 heavy (non-hydrogen) atoms. The predicted octanol–water partition coefficient (Wildman–Crippen LogP) is 5.06. The smallest absolute Gasteiger partial charge is 0.266 e. The van der Waals surface area contributed by atoms with Crippen LogP contribution in [0.4, 0.5) is 0 Å². The third kappa shape index (κ3) is 4.94. The van der Waals surface area contributed by atoms with Crippen LogP contribution in [0.2, 0.25) is 0 Å². The van der Waals surface area contributed by atoms with Crippen molar-refractivity contribution < 1.29 is 14.3 Å². The molecule has 0 radical (unpaired) electrons. The van der Waals surface area contributed by atoms with Gasteiger partial charge in [-0.1, -0.05) is 60.4 Å². The van der Waals surface area contributed by atoms with E-state index in [2.05, 4.69) is 0 Å². The number of thioether (sulfide) groups is 1. The molecule has 0 spiro atoms. The van der Waals surface area contributed by atoms with Crippen molar-refractivity contribution in [3.8, 4) is 11.5 Å². The highest BCUT2D eigenvalue weighted by Gasteiger charge is 2.30. The van der Waals surface area contributed by atoms with Crippen molar-refractivity contribution in [2.24, 2.45) is 0 Å². The molecule has 146 valence electrons. The Morgan fingerprint density at radius 1 is 1.04 bits per heavy atom. The quantitative estimate of drug-likeness (QED) is 0.343. The Morgan fingerprint density at radius 3 is 2.36 bits per heavy atom. The average molecular weight is 414 g/mol. The number of hydrogen-bond acceptors (Lipinski definition) is 5. The summed E-state index contributed by atoms with van der Waals surface area (Å²) in [6.07, 6.45) is 2.62. The number of rotatable bonds is 8. The van der Waals surface area contributed by atoms with Crippen molar-refractivity contribution in [1.29, 1.82) is 0 Å². The fraction of sp³-hybridized carbons (Fsp3) is 0.273. The minimum atomic E-state index is -0.0427. The molecule has 2 aromatic rings. The Morgan fingerprint density at radius 2 is 1.68 bits per heavy atom. The SMILES string of the molecule is CCN1C(=O)/C(=C\c2ccccc2OCCCOc2ccccc2C)SC1=S. The van der Waals surface area contributed by atoms with Gasteiger partial charge in [0.2, 0.25) is 0 Å². The highest BCUT2D eigenvalue weighted by molar-refractivity contribution is 8.26. The predicted molar refractivity (Wildman–Crippen MR) is 119 cm³/mol. The summed E-state index contributed by atoms with van der Waals surface area (Å²) in [5, 5.41) is 0. The first-order chi connectivity index (χ1) is 13.6. The first kappa shape index (κ1) is 20.4. The van der Waals surface area contributed by atoms with Crippen LogP contribution in [0.1, 0.15) is 24.5 Å². The molecule has 1 amide bonds. The molecule has 0 unspecified atom stereocenters. The number of carbonyl (C=O) groups is 1. The van der Waals surface area contributed by atoms with Crippen LogP contribution in [0, 0.1) is 6.92 Å². The Balaban J connectivity index is 1.57. The van der Waals surface area contributed by atoms with Gasteiger partial charge < -0.3 is 9.47 Å². The number of ether oxygens (including phenoxy) is 2. The monoisotopic (exact) mass is 413 g/mol. The van der Waals surface area contributed by atoms with Gasteiger partial charge in [-0.3, -0.25) is 9.69 Å². The fourth-order valence-corrected chi connectivity index (χ4v) is 4.16. The lowest BCUT2D eigenvalue weighted by Crippen LogP contribution is -2.27. The summed E-state index contributed by atoms with van der Waals surface area (Å²) >= 11 is 6.61. The van der Waals surface area contributed by atoms with Crippen LogP contribution < -0.4 is 9.47 Å². The largest absolute Gasteiger partial charge is 0.493 e. The van der Waals surface area contributed by atoms with Crippen LogP contribution in [-0.2, 0) is 4.79 Å². The number of hydrogen-bond donors (Lipinski definition) is 0. The number of para-hydroxylation sites is 2. The summed E-state index contributed by atoms with van der Waals surface area (Å²) < 4.78 is 12.3. The van der Waals surface area contributed by atoms with E-state index in [0.717, 1.165) is 29.0 Å². The molecule has 0 aliphatic carbocycles. The molecule has 6 heteroatoms. The lowest BCUT2D eigenvalue weighted by molar-refractivity contribution is -0.121. The van der Waals surface area contributed by atoms with E-state index >= 15 is 0 Å². The van der Waals surface area contributed by atoms with E-state index in [1.54, 1.807) is 4.90 Å². The maximum atomic E-state index is 12.4. The zero-order valence-corrected chi connectivity index (χ0v) is 17.6. The van der Waals surface area contributed by atoms with Crippen molar-refractivity contribution in [2.75, 3.05) is 19.8 Å². The number of nitrogens with zero attached hydrogens (tertiary/aromatic N) is 1. The zero-order valence-electron chi connectivity index (χ0n) is 16.0. The number of carbonyl (C=O) groups excluding carboxylic acids is 1. The molecular formula is C22H23NO3S2. The molecule has 1 fully saturated rings.